The minimum Gasteiger partial charge on any atom is -0.440 e. The van der Waals surface area contributed by atoms with Crippen LogP contribution in [0.15, 0.2) is 34.4 Å². The van der Waals surface area contributed by atoms with Crippen LogP contribution < -0.4 is 4.74 Å². The average molecular weight is 391 g/mol. The topological polar surface area (TPSA) is 55.6 Å². The van der Waals surface area contributed by atoms with E-state index in [-0.39, 0.29) is 30.0 Å². The standard InChI is InChI=1S/C21H27ClN2O3/c1-13(2)24(16-8-14(3)10-21(4,5)11-16)19(25)12-26-20-23-17-7-6-15(22)9-18(17)27-20/h6-9,13-14H,10-12H2,1-5H3. The van der Waals surface area contributed by atoms with Crippen LogP contribution in [0.4, 0.5) is 0 Å². The molecule has 1 aromatic carbocycles. The molecule has 1 unspecified atom stereocenters. The van der Waals surface area contributed by atoms with Crippen LogP contribution in [0.2, 0.25) is 5.02 Å². The number of rotatable bonds is 5. The second-order valence-corrected chi connectivity index (χ2v) is 8.85. The summed E-state index contributed by atoms with van der Waals surface area (Å²) in [5, 5.41) is 0.563. The average Bonchev–Trinajstić information content (AvgIpc) is 2.92. The lowest BCUT2D eigenvalue weighted by molar-refractivity contribution is -0.133. The highest BCUT2D eigenvalue weighted by atomic mass is 35.5. The number of hydrogen-bond donors (Lipinski definition) is 0. The molecule has 1 atom stereocenters. The van der Waals surface area contributed by atoms with Gasteiger partial charge in [-0.2, -0.15) is 4.98 Å². The molecule has 0 saturated carbocycles. The highest BCUT2D eigenvalue weighted by Gasteiger charge is 2.32. The Morgan fingerprint density at radius 2 is 2.19 bits per heavy atom. The summed E-state index contributed by atoms with van der Waals surface area (Å²) in [6.45, 7) is 10.6. The molecule has 1 heterocycles. The summed E-state index contributed by atoms with van der Waals surface area (Å²) in [6, 6.07) is 5.22. The normalized spacial score (nSPS) is 19.2. The van der Waals surface area contributed by atoms with Gasteiger partial charge >= 0.3 is 6.08 Å². The molecule has 0 aliphatic heterocycles. The molecule has 0 radical (unpaired) electrons. The van der Waals surface area contributed by atoms with Crippen molar-refractivity contribution in [3.05, 3.63) is 35.0 Å². The van der Waals surface area contributed by atoms with E-state index in [1.54, 1.807) is 18.2 Å². The highest BCUT2D eigenvalue weighted by Crippen LogP contribution is 2.39. The number of hydrogen-bond acceptors (Lipinski definition) is 4. The number of halogens is 1. The Kier molecular flexibility index (Phi) is 5.52. The maximum absolute atomic E-state index is 12.9. The van der Waals surface area contributed by atoms with Crippen LogP contribution in [-0.2, 0) is 4.79 Å². The van der Waals surface area contributed by atoms with Crippen molar-refractivity contribution in [1.82, 2.24) is 9.88 Å². The van der Waals surface area contributed by atoms with Crippen LogP contribution in [0, 0.1) is 11.3 Å². The van der Waals surface area contributed by atoms with E-state index in [0.717, 1.165) is 18.5 Å². The van der Waals surface area contributed by atoms with Crippen LogP contribution in [0.3, 0.4) is 0 Å². The molecular formula is C21H27ClN2O3. The molecular weight excluding hydrogens is 364 g/mol. The van der Waals surface area contributed by atoms with Gasteiger partial charge in [-0.3, -0.25) is 4.79 Å². The summed E-state index contributed by atoms with van der Waals surface area (Å²) >= 11 is 5.96. The zero-order valence-corrected chi connectivity index (χ0v) is 17.3. The van der Waals surface area contributed by atoms with Crippen molar-refractivity contribution in [3.8, 4) is 6.08 Å². The van der Waals surface area contributed by atoms with Crippen LogP contribution in [0.5, 0.6) is 6.08 Å². The largest absolute Gasteiger partial charge is 0.440 e. The first-order valence-electron chi connectivity index (χ1n) is 9.36. The van der Waals surface area contributed by atoms with Gasteiger partial charge in [-0.15, -0.1) is 0 Å². The van der Waals surface area contributed by atoms with Gasteiger partial charge in [-0.25, -0.2) is 0 Å². The van der Waals surface area contributed by atoms with Gasteiger partial charge in [-0.1, -0.05) is 38.4 Å². The number of carbonyl (C=O) groups excluding carboxylic acids is 1. The zero-order valence-electron chi connectivity index (χ0n) is 16.6. The molecule has 0 N–H and O–H groups in total. The molecule has 1 aromatic heterocycles. The van der Waals surface area contributed by atoms with Crippen molar-refractivity contribution < 1.29 is 13.9 Å². The molecule has 27 heavy (non-hydrogen) atoms. The smallest absolute Gasteiger partial charge is 0.395 e. The summed E-state index contributed by atoms with van der Waals surface area (Å²) in [4.78, 5) is 19.0. The first kappa shape index (κ1) is 19.7. The second-order valence-electron chi connectivity index (χ2n) is 8.42. The highest BCUT2D eigenvalue weighted by molar-refractivity contribution is 6.31. The Bertz CT molecular complexity index is 869. The number of oxazole rings is 1. The van der Waals surface area contributed by atoms with Crippen LogP contribution >= 0.6 is 11.6 Å². The van der Waals surface area contributed by atoms with E-state index in [2.05, 4.69) is 31.8 Å². The molecule has 0 fully saturated rings. The molecule has 0 spiro atoms. The summed E-state index contributed by atoms with van der Waals surface area (Å²) in [5.74, 6) is 0.349. The van der Waals surface area contributed by atoms with Crippen molar-refractivity contribution in [2.24, 2.45) is 11.3 Å². The third-order valence-electron chi connectivity index (χ3n) is 4.76. The predicted octanol–water partition coefficient (Wildman–Crippen LogP) is 5.44. The van der Waals surface area contributed by atoms with E-state index >= 15 is 0 Å². The lowest BCUT2D eigenvalue weighted by Gasteiger charge is -2.39. The third-order valence-corrected chi connectivity index (χ3v) is 4.99. The molecule has 0 saturated heterocycles. The Balaban J connectivity index is 1.73. The predicted molar refractivity (Wildman–Crippen MR) is 107 cm³/mol. The minimum absolute atomic E-state index is 0.0517. The van der Waals surface area contributed by atoms with Gasteiger partial charge in [0.25, 0.3) is 5.91 Å². The number of nitrogens with zero attached hydrogens (tertiary/aromatic N) is 2. The zero-order chi connectivity index (χ0) is 19.8. The minimum atomic E-state index is -0.120. The molecule has 3 rings (SSSR count). The second kappa shape index (κ2) is 7.55. The fraction of sp³-hybridized carbons (Fsp3) is 0.524. The van der Waals surface area contributed by atoms with Crippen molar-refractivity contribution in [2.75, 3.05) is 6.61 Å². The lowest BCUT2D eigenvalue weighted by atomic mass is 9.75. The summed E-state index contributed by atoms with van der Waals surface area (Å²) in [7, 11) is 0. The Morgan fingerprint density at radius 1 is 1.44 bits per heavy atom. The SMILES string of the molecule is CC1C=C(N(C(=O)COc2nc3ccc(Cl)cc3o2)C(C)C)CC(C)(C)C1. The number of carbonyl (C=O) groups is 1. The quantitative estimate of drug-likeness (QED) is 0.682. The van der Waals surface area contributed by atoms with Gasteiger partial charge in [0.15, 0.2) is 12.2 Å². The monoisotopic (exact) mass is 390 g/mol. The Labute approximate surface area is 165 Å². The van der Waals surface area contributed by atoms with E-state index < -0.39 is 0 Å². The van der Waals surface area contributed by atoms with Crippen LogP contribution in [-0.4, -0.2) is 28.4 Å². The number of amides is 1. The third kappa shape index (κ3) is 4.64. The summed E-state index contributed by atoms with van der Waals surface area (Å²) in [5.41, 5.74) is 2.44. The van der Waals surface area contributed by atoms with E-state index in [1.807, 2.05) is 18.7 Å². The summed E-state index contributed by atoms with van der Waals surface area (Å²) < 4.78 is 11.1. The number of ether oxygens (including phenoxy) is 1. The molecule has 6 heteroatoms. The molecule has 146 valence electrons. The van der Waals surface area contributed by atoms with Crippen molar-refractivity contribution in [1.29, 1.82) is 0 Å². The molecule has 1 amide bonds. The maximum Gasteiger partial charge on any atom is 0.395 e. The van der Waals surface area contributed by atoms with Gasteiger partial charge in [0, 0.05) is 22.8 Å². The van der Waals surface area contributed by atoms with Crippen molar-refractivity contribution >= 4 is 28.6 Å². The lowest BCUT2D eigenvalue weighted by Crippen LogP contribution is -2.42. The fourth-order valence-corrected chi connectivity index (χ4v) is 4.12. The molecule has 0 bridgehead atoms. The number of allylic oxidation sites excluding steroid dienone is 2. The number of fused-ring (bicyclic) bond motifs is 1. The van der Waals surface area contributed by atoms with Gasteiger partial charge in [0.2, 0.25) is 0 Å². The van der Waals surface area contributed by atoms with Gasteiger partial charge in [0.1, 0.15) is 5.52 Å². The van der Waals surface area contributed by atoms with Gasteiger partial charge in [0.05, 0.1) is 0 Å². The van der Waals surface area contributed by atoms with Crippen molar-refractivity contribution in [3.63, 3.8) is 0 Å². The summed E-state index contributed by atoms with van der Waals surface area (Å²) in [6.07, 6.45) is 4.29. The van der Waals surface area contributed by atoms with E-state index in [4.69, 9.17) is 20.8 Å². The van der Waals surface area contributed by atoms with E-state index in [1.165, 1.54) is 0 Å². The first-order valence-corrected chi connectivity index (χ1v) is 9.74. The van der Waals surface area contributed by atoms with Crippen molar-refractivity contribution in [2.45, 2.75) is 53.5 Å². The first-order chi connectivity index (χ1) is 12.6. The van der Waals surface area contributed by atoms with Crippen LogP contribution in [0.25, 0.3) is 11.1 Å². The Hall–Kier alpha value is -2.01. The number of aromatic nitrogens is 1. The Morgan fingerprint density at radius 3 is 2.85 bits per heavy atom. The van der Waals surface area contributed by atoms with E-state index in [0.29, 0.717) is 22.0 Å². The molecule has 2 aromatic rings. The van der Waals surface area contributed by atoms with E-state index in [9.17, 15) is 4.79 Å². The molecule has 5 nitrogen and oxygen atoms in total. The number of benzene rings is 1. The van der Waals surface area contributed by atoms with Gasteiger partial charge in [-0.05, 0) is 50.2 Å². The van der Waals surface area contributed by atoms with Gasteiger partial charge < -0.3 is 14.1 Å². The molecule has 1 aliphatic carbocycles. The fourth-order valence-electron chi connectivity index (χ4n) is 3.96. The van der Waals surface area contributed by atoms with Crippen LogP contribution in [0.1, 0.15) is 47.5 Å². The molecule has 1 aliphatic rings. The maximum atomic E-state index is 12.9.